The van der Waals surface area contributed by atoms with Gasteiger partial charge in [0.25, 0.3) is 0 Å². The monoisotopic (exact) mass is 438 g/mol. The molecule has 4 rings (SSSR count). The number of Topliss-reactive ketones (excluding diaryl/α,β-unsaturated/α-hetero) is 1. The molecule has 0 spiro atoms. The molecule has 7 heteroatoms. The van der Waals surface area contributed by atoms with E-state index < -0.39 is 52.1 Å². The van der Waals surface area contributed by atoms with Gasteiger partial charge in [-0.05, 0) is 50.0 Å². The third-order valence-electron chi connectivity index (χ3n) is 9.64. The molecule has 0 aliphatic heterocycles. The van der Waals surface area contributed by atoms with Crippen LogP contribution in [-0.2, 0) is 19.1 Å². The highest BCUT2D eigenvalue weighted by atomic mass is 19.1. The quantitative estimate of drug-likeness (QED) is 0.656. The molecule has 174 valence electrons. The Hall–Kier alpha value is -1.15. The van der Waals surface area contributed by atoms with Gasteiger partial charge in [-0.15, -0.1) is 0 Å². The van der Waals surface area contributed by atoms with Crippen molar-refractivity contribution in [3.63, 3.8) is 0 Å². The number of rotatable bonds is 4. The molecule has 8 atom stereocenters. The third kappa shape index (κ3) is 2.63. The first-order chi connectivity index (χ1) is 14.4. The number of ether oxygens (including phenoxy) is 2. The molecule has 0 aromatic heterocycles. The van der Waals surface area contributed by atoms with Gasteiger partial charge < -0.3 is 19.7 Å². The molecule has 0 bridgehead atoms. The summed E-state index contributed by atoms with van der Waals surface area (Å²) in [5.41, 5.74) is -4.84. The smallest absolute Gasteiger partial charge is 0.220 e. The number of aliphatic hydroxyl groups is 2. The van der Waals surface area contributed by atoms with E-state index in [4.69, 9.17) is 9.47 Å². The molecule has 4 aliphatic carbocycles. The van der Waals surface area contributed by atoms with Crippen LogP contribution in [0.3, 0.4) is 0 Å². The van der Waals surface area contributed by atoms with Gasteiger partial charge in [-0.2, -0.15) is 0 Å². The molecule has 0 saturated heterocycles. The summed E-state index contributed by atoms with van der Waals surface area (Å²) < 4.78 is 27.4. The van der Waals surface area contributed by atoms with Gasteiger partial charge >= 0.3 is 0 Å². The lowest BCUT2D eigenvalue weighted by molar-refractivity contribution is -0.235. The second kappa shape index (κ2) is 7.17. The van der Waals surface area contributed by atoms with E-state index in [1.54, 1.807) is 6.08 Å². The first kappa shape index (κ1) is 23.0. The van der Waals surface area contributed by atoms with E-state index >= 15 is 4.39 Å². The largest absolute Gasteiger partial charge is 0.390 e. The Kier molecular flexibility index (Phi) is 5.33. The minimum atomic E-state index is -1.90. The van der Waals surface area contributed by atoms with Gasteiger partial charge in [0.05, 0.1) is 6.10 Å². The van der Waals surface area contributed by atoms with Crippen LogP contribution in [-0.4, -0.2) is 59.7 Å². The predicted molar refractivity (Wildman–Crippen MR) is 111 cm³/mol. The Morgan fingerprint density at radius 3 is 2.48 bits per heavy atom. The van der Waals surface area contributed by atoms with Gasteiger partial charge in [-0.3, -0.25) is 9.59 Å². The highest BCUT2D eigenvalue weighted by Crippen LogP contribution is 2.71. The van der Waals surface area contributed by atoms with Crippen LogP contribution in [0.2, 0.25) is 0 Å². The van der Waals surface area contributed by atoms with Crippen molar-refractivity contribution < 1.29 is 33.7 Å². The van der Waals surface area contributed by atoms with Gasteiger partial charge in [0.2, 0.25) is 12.1 Å². The van der Waals surface area contributed by atoms with E-state index in [1.165, 1.54) is 14.2 Å². The van der Waals surface area contributed by atoms with Crippen molar-refractivity contribution in [3.8, 4) is 0 Å². The SMILES string of the molecule is COC(OC)C(=O)[C@@]1(O)[C@@H](C)C[C@H]2[C@@H]3CCC4=CC(=O)CC[C@]4(C)[C@@]3(F)[C@@H](O)C[C@@]21C. The summed E-state index contributed by atoms with van der Waals surface area (Å²) in [5, 5.41) is 23.2. The topological polar surface area (TPSA) is 93.1 Å². The maximum absolute atomic E-state index is 17.1. The number of ketones is 2. The molecule has 0 heterocycles. The van der Waals surface area contributed by atoms with Crippen molar-refractivity contribution in [2.24, 2.45) is 28.6 Å². The van der Waals surface area contributed by atoms with Crippen molar-refractivity contribution in [1.82, 2.24) is 0 Å². The molecule has 0 amide bonds. The lowest BCUT2D eigenvalue weighted by Gasteiger charge is -2.63. The second-order valence-corrected chi connectivity index (χ2v) is 10.7. The highest BCUT2D eigenvalue weighted by molar-refractivity contribution is 5.92. The lowest BCUT2D eigenvalue weighted by atomic mass is 9.43. The summed E-state index contributed by atoms with van der Waals surface area (Å²) in [6, 6.07) is 0. The van der Waals surface area contributed by atoms with Crippen molar-refractivity contribution >= 4 is 11.6 Å². The van der Waals surface area contributed by atoms with Crippen LogP contribution >= 0.6 is 0 Å². The molecule has 3 saturated carbocycles. The number of hydrogen-bond donors (Lipinski definition) is 2. The Bertz CT molecular complexity index is 823. The zero-order chi connectivity index (χ0) is 23.0. The number of fused-ring (bicyclic) bond motifs is 5. The summed E-state index contributed by atoms with van der Waals surface area (Å²) >= 11 is 0. The van der Waals surface area contributed by atoms with E-state index in [0.717, 1.165) is 5.57 Å². The third-order valence-corrected chi connectivity index (χ3v) is 9.64. The second-order valence-electron chi connectivity index (χ2n) is 10.7. The minimum Gasteiger partial charge on any atom is -0.390 e. The maximum atomic E-state index is 17.1. The zero-order valence-electron chi connectivity index (χ0n) is 19.1. The van der Waals surface area contributed by atoms with Gasteiger partial charge in [-0.25, -0.2) is 4.39 Å². The van der Waals surface area contributed by atoms with Gasteiger partial charge in [0.15, 0.2) is 5.78 Å². The van der Waals surface area contributed by atoms with Crippen LogP contribution in [0.15, 0.2) is 11.6 Å². The summed E-state index contributed by atoms with van der Waals surface area (Å²) in [4.78, 5) is 25.4. The molecule has 0 aromatic carbocycles. The molecule has 31 heavy (non-hydrogen) atoms. The van der Waals surface area contributed by atoms with Crippen LogP contribution in [0.4, 0.5) is 4.39 Å². The van der Waals surface area contributed by atoms with Gasteiger partial charge in [0.1, 0.15) is 11.3 Å². The van der Waals surface area contributed by atoms with Crippen LogP contribution in [0.1, 0.15) is 59.3 Å². The number of allylic oxidation sites excluding steroid dienone is 1. The van der Waals surface area contributed by atoms with E-state index in [0.29, 0.717) is 25.7 Å². The predicted octanol–water partition coefficient (Wildman–Crippen LogP) is 2.75. The van der Waals surface area contributed by atoms with Crippen molar-refractivity contribution in [1.29, 1.82) is 0 Å². The van der Waals surface area contributed by atoms with Crippen LogP contribution in [0, 0.1) is 28.6 Å². The maximum Gasteiger partial charge on any atom is 0.220 e. The summed E-state index contributed by atoms with van der Waals surface area (Å²) in [6.07, 6.45) is 1.18. The Morgan fingerprint density at radius 1 is 1.23 bits per heavy atom. The average molecular weight is 439 g/mol. The fourth-order valence-corrected chi connectivity index (χ4v) is 7.92. The minimum absolute atomic E-state index is 0.0179. The molecule has 4 aliphatic rings. The first-order valence-corrected chi connectivity index (χ1v) is 11.3. The molecule has 6 nitrogen and oxygen atoms in total. The zero-order valence-corrected chi connectivity index (χ0v) is 19.1. The summed E-state index contributed by atoms with van der Waals surface area (Å²) in [6.45, 7) is 5.46. The van der Waals surface area contributed by atoms with Crippen LogP contribution < -0.4 is 0 Å². The average Bonchev–Trinajstić information content (AvgIpc) is 2.92. The van der Waals surface area contributed by atoms with Gasteiger partial charge in [0, 0.05) is 37.4 Å². The molecular weight excluding hydrogens is 403 g/mol. The Morgan fingerprint density at radius 2 is 1.87 bits per heavy atom. The number of carbonyl (C=O) groups is 2. The molecule has 0 aromatic rings. The molecular formula is C24H35FO6. The number of carbonyl (C=O) groups excluding carboxylic acids is 2. The number of halogens is 1. The Balaban J connectivity index is 1.79. The molecule has 3 fully saturated rings. The normalized spacial score (nSPS) is 49.3. The van der Waals surface area contributed by atoms with Crippen LogP contribution in [0.5, 0.6) is 0 Å². The standard InChI is InChI=1S/C24H35FO6/c1-13-10-17-16-7-6-14-11-15(26)8-9-21(14,2)23(16,25)18(27)12-22(17,3)24(13,29)19(28)20(30-4)31-5/h11,13,16-18,20,27,29H,6-10,12H2,1-5H3/t13-,16-,17-,18-,21-,22-,23-,24-/m0/s1. The molecule has 2 N–H and O–H groups in total. The Labute approximate surface area is 183 Å². The fourth-order valence-electron chi connectivity index (χ4n) is 7.92. The van der Waals surface area contributed by atoms with Crippen LogP contribution in [0.25, 0.3) is 0 Å². The summed E-state index contributed by atoms with van der Waals surface area (Å²) in [5.74, 6) is -1.78. The molecule has 0 unspecified atom stereocenters. The summed E-state index contributed by atoms with van der Waals surface area (Å²) in [7, 11) is 2.69. The first-order valence-electron chi connectivity index (χ1n) is 11.3. The number of alkyl halides is 1. The van der Waals surface area contributed by atoms with E-state index in [9.17, 15) is 19.8 Å². The highest BCUT2D eigenvalue weighted by Gasteiger charge is 2.76. The number of aliphatic hydroxyl groups excluding tert-OH is 1. The van der Waals surface area contributed by atoms with Crippen molar-refractivity contribution in [3.05, 3.63) is 11.6 Å². The van der Waals surface area contributed by atoms with E-state index in [2.05, 4.69) is 0 Å². The number of methoxy groups -OCH3 is 2. The van der Waals surface area contributed by atoms with Gasteiger partial charge in [-0.1, -0.05) is 26.3 Å². The van der Waals surface area contributed by atoms with E-state index in [-0.39, 0.29) is 24.5 Å². The van der Waals surface area contributed by atoms with Crippen molar-refractivity contribution in [2.75, 3.05) is 14.2 Å². The fraction of sp³-hybridized carbons (Fsp3) is 0.833. The molecule has 0 radical (unpaired) electrons. The van der Waals surface area contributed by atoms with E-state index in [1.807, 2.05) is 20.8 Å². The number of hydrogen-bond acceptors (Lipinski definition) is 6. The van der Waals surface area contributed by atoms with Crippen molar-refractivity contribution in [2.45, 2.75) is 83.0 Å². The lowest BCUT2D eigenvalue weighted by Crippen LogP contribution is -2.70.